The molecular weight excluding hydrogens is 306 g/mol. The molecule has 2 fully saturated rings. The zero-order chi connectivity index (χ0) is 16.1. The van der Waals surface area contributed by atoms with Crippen LogP contribution in [0.15, 0.2) is 23.2 Å². The summed E-state index contributed by atoms with van der Waals surface area (Å²) >= 11 is 1.35. The van der Waals surface area contributed by atoms with Crippen LogP contribution in [0.25, 0.3) is 0 Å². The average molecular weight is 326 g/mol. The highest BCUT2D eigenvalue weighted by Gasteiger charge is 2.37. The number of amides is 1. The van der Waals surface area contributed by atoms with E-state index in [2.05, 4.69) is 10.3 Å². The van der Waals surface area contributed by atoms with E-state index in [1.54, 1.807) is 0 Å². The summed E-state index contributed by atoms with van der Waals surface area (Å²) in [6.45, 7) is 4.00. The van der Waals surface area contributed by atoms with E-state index >= 15 is 0 Å². The number of aliphatic imine (C=N–C) groups is 1. The fourth-order valence-electron chi connectivity index (χ4n) is 2.69. The van der Waals surface area contributed by atoms with E-state index in [4.69, 9.17) is 0 Å². The fraction of sp³-hybridized carbons (Fsp3) is 0.500. The van der Waals surface area contributed by atoms with Crippen LogP contribution in [-0.4, -0.2) is 16.3 Å². The van der Waals surface area contributed by atoms with Crippen LogP contribution >= 0.6 is 11.8 Å². The highest BCUT2D eigenvalue weighted by molar-refractivity contribution is 8.15. The first kappa shape index (κ1) is 16.9. The number of benzene rings is 1. The van der Waals surface area contributed by atoms with Crippen molar-refractivity contribution in [2.45, 2.75) is 44.8 Å². The second-order valence-corrected chi connectivity index (χ2v) is 6.22. The van der Waals surface area contributed by atoms with Gasteiger partial charge in [-0.1, -0.05) is 38.5 Å². The van der Waals surface area contributed by atoms with Gasteiger partial charge in [0.25, 0.3) is 0 Å². The molecule has 3 rings (SSSR count). The van der Waals surface area contributed by atoms with Gasteiger partial charge < -0.3 is 5.32 Å². The SMILES string of the molecule is CC.O=C1NC(=Nc2ccc(F)cc2F)SC1C1CCCC1. The molecule has 1 aromatic carbocycles. The molecular formula is C16H20F2N2OS. The number of nitrogens with zero attached hydrogens (tertiary/aromatic N) is 1. The van der Waals surface area contributed by atoms with Gasteiger partial charge in [0.1, 0.15) is 11.5 Å². The van der Waals surface area contributed by atoms with Gasteiger partial charge in [-0.15, -0.1) is 0 Å². The third-order valence-corrected chi connectivity index (χ3v) is 4.96. The summed E-state index contributed by atoms with van der Waals surface area (Å²) in [5.74, 6) is -1.04. The molecule has 1 saturated carbocycles. The summed E-state index contributed by atoms with van der Waals surface area (Å²) in [6.07, 6.45) is 4.44. The van der Waals surface area contributed by atoms with Gasteiger partial charge in [-0.05, 0) is 30.9 Å². The lowest BCUT2D eigenvalue weighted by molar-refractivity contribution is -0.119. The van der Waals surface area contributed by atoms with Crippen LogP contribution in [0.5, 0.6) is 0 Å². The molecule has 1 N–H and O–H groups in total. The van der Waals surface area contributed by atoms with Crippen molar-refractivity contribution >= 4 is 28.5 Å². The molecule has 22 heavy (non-hydrogen) atoms. The van der Waals surface area contributed by atoms with Gasteiger partial charge in [-0.25, -0.2) is 13.8 Å². The van der Waals surface area contributed by atoms with E-state index in [0.717, 1.165) is 37.8 Å². The predicted octanol–water partition coefficient (Wildman–Crippen LogP) is 4.40. The Morgan fingerprint density at radius 2 is 1.91 bits per heavy atom. The van der Waals surface area contributed by atoms with Crippen LogP contribution in [0.2, 0.25) is 0 Å². The Labute approximate surface area is 133 Å². The van der Waals surface area contributed by atoms with E-state index in [0.29, 0.717) is 11.1 Å². The van der Waals surface area contributed by atoms with Crippen LogP contribution in [0.4, 0.5) is 14.5 Å². The first-order chi connectivity index (χ1) is 10.6. The number of hydrogen-bond acceptors (Lipinski definition) is 3. The van der Waals surface area contributed by atoms with Crippen molar-refractivity contribution in [1.82, 2.24) is 5.32 Å². The van der Waals surface area contributed by atoms with E-state index in [1.165, 1.54) is 17.8 Å². The molecule has 6 heteroatoms. The van der Waals surface area contributed by atoms with E-state index in [-0.39, 0.29) is 16.8 Å². The van der Waals surface area contributed by atoms with Crippen LogP contribution < -0.4 is 5.32 Å². The second-order valence-electron chi connectivity index (χ2n) is 5.08. The Morgan fingerprint density at radius 1 is 1.23 bits per heavy atom. The zero-order valence-electron chi connectivity index (χ0n) is 12.7. The van der Waals surface area contributed by atoms with E-state index < -0.39 is 11.6 Å². The van der Waals surface area contributed by atoms with Crippen LogP contribution in [-0.2, 0) is 4.79 Å². The molecule has 0 bridgehead atoms. The van der Waals surface area contributed by atoms with Crippen molar-refractivity contribution in [3.63, 3.8) is 0 Å². The first-order valence-electron chi connectivity index (χ1n) is 7.65. The largest absolute Gasteiger partial charge is 0.304 e. The van der Waals surface area contributed by atoms with Gasteiger partial charge in [0.2, 0.25) is 5.91 Å². The number of amidine groups is 1. The van der Waals surface area contributed by atoms with Crippen LogP contribution in [0.3, 0.4) is 0 Å². The van der Waals surface area contributed by atoms with Crippen molar-refractivity contribution in [3.05, 3.63) is 29.8 Å². The first-order valence-corrected chi connectivity index (χ1v) is 8.53. The van der Waals surface area contributed by atoms with Crippen molar-refractivity contribution in [1.29, 1.82) is 0 Å². The maximum Gasteiger partial charge on any atom is 0.239 e. The summed E-state index contributed by atoms with van der Waals surface area (Å²) in [4.78, 5) is 16.0. The number of hydrogen-bond donors (Lipinski definition) is 1. The minimum Gasteiger partial charge on any atom is -0.304 e. The van der Waals surface area contributed by atoms with Gasteiger partial charge in [0.05, 0.1) is 5.25 Å². The maximum atomic E-state index is 13.5. The van der Waals surface area contributed by atoms with Crippen LogP contribution in [0.1, 0.15) is 39.5 Å². The van der Waals surface area contributed by atoms with Crippen molar-refractivity contribution in [3.8, 4) is 0 Å². The molecule has 1 amide bonds. The summed E-state index contributed by atoms with van der Waals surface area (Å²) in [6, 6.07) is 3.21. The van der Waals surface area contributed by atoms with Gasteiger partial charge >= 0.3 is 0 Å². The molecule has 1 saturated heterocycles. The van der Waals surface area contributed by atoms with E-state index in [1.807, 2.05) is 13.8 Å². The number of rotatable bonds is 2. The predicted molar refractivity (Wildman–Crippen MR) is 86.3 cm³/mol. The van der Waals surface area contributed by atoms with Gasteiger partial charge in [-0.2, -0.15) is 0 Å². The lowest BCUT2D eigenvalue weighted by atomic mass is 10.0. The summed E-state index contributed by atoms with van der Waals surface area (Å²) < 4.78 is 26.4. The molecule has 0 radical (unpaired) electrons. The second kappa shape index (κ2) is 7.72. The molecule has 0 spiro atoms. The molecule has 3 nitrogen and oxygen atoms in total. The number of carbonyl (C=O) groups is 1. The quantitative estimate of drug-likeness (QED) is 0.875. The molecule has 0 aromatic heterocycles. The van der Waals surface area contributed by atoms with Crippen LogP contribution in [0, 0.1) is 17.6 Å². The van der Waals surface area contributed by atoms with Gasteiger partial charge in [-0.3, -0.25) is 4.79 Å². The Kier molecular flexibility index (Phi) is 5.94. The summed E-state index contributed by atoms with van der Waals surface area (Å²) in [7, 11) is 0. The third-order valence-electron chi connectivity index (χ3n) is 3.69. The van der Waals surface area contributed by atoms with Crippen molar-refractivity contribution in [2.24, 2.45) is 10.9 Å². The smallest absolute Gasteiger partial charge is 0.239 e. The topological polar surface area (TPSA) is 41.5 Å². The number of nitrogens with one attached hydrogen (secondary N) is 1. The summed E-state index contributed by atoms with van der Waals surface area (Å²) in [5.41, 5.74) is 0.0428. The Balaban J connectivity index is 0.000000847. The Morgan fingerprint density at radius 3 is 2.55 bits per heavy atom. The Bertz CT molecular complexity index is 571. The molecule has 1 aromatic rings. The maximum absolute atomic E-state index is 13.5. The number of carbonyl (C=O) groups excluding carboxylic acids is 1. The zero-order valence-corrected chi connectivity index (χ0v) is 13.6. The lowest BCUT2D eigenvalue weighted by Gasteiger charge is -2.12. The molecule has 2 aliphatic rings. The van der Waals surface area contributed by atoms with Gasteiger partial charge in [0.15, 0.2) is 11.0 Å². The number of halogens is 2. The normalized spacial score (nSPS) is 23.4. The standard InChI is InChI=1S/C14H14F2N2OS.C2H6/c15-9-5-6-11(10(16)7-9)17-14-18-13(19)12(20-14)8-3-1-2-4-8;1-2/h5-8,12H,1-4H2,(H,17,18,19);1-2H3. The monoisotopic (exact) mass is 326 g/mol. The molecule has 1 unspecified atom stereocenters. The Hall–Kier alpha value is -1.43. The highest BCUT2D eigenvalue weighted by atomic mass is 32.2. The van der Waals surface area contributed by atoms with E-state index in [9.17, 15) is 13.6 Å². The minimum absolute atomic E-state index is 0.0428. The highest BCUT2D eigenvalue weighted by Crippen LogP contribution is 2.37. The third kappa shape index (κ3) is 3.85. The fourth-order valence-corrected chi connectivity index (χ4v) is 3.87. The van der Waals surface area contributed by atoms with Crippen molar-refractivity contribution < 1.29 is 13.6 Å². The lowest BCUT2D eigenvalue weighted by Crippen LogP contribution is -2.28. The molecule has 1 heterocycles. The minimum atomic E-state index is -0.725. The molecule has 1 aliphatic carbocycles. The van der Waals surface area contributed by atoms with Gasteiger partial charge in [0, 0.05) is 6.07 Å². The average Bonchev–Trinajstić information content (AvgIpc) is 3.13. The molecule has 1 aliphatic heterocycles. The molecule has 1 atom stereocenters. The summed E-state index contributed by atoms with van der Waals surface area (Å²) in [5, 5.41) is 2.96. The number of thioether (sulfide) groups is 1. The molecule has 120 valence electrons. The van der Waals surface area contributed by atoms with Crippen molar-refractivity contribution in [2.75, 3.05) is 0 Å².